The van der Waals surface area contributed by atoms with E-state index in [4.69, 9.17) is 11.6 Å². The standard InChI is InChI=1S/C7H2BrClF3NO3/c8-3-1-6(16-7(10,11)12)4(9)2-5(3)13(14)15/h1-2H. The van der Waals surface area contributed by atoms with Crippen LogP contribution in [0.25, 0.3) is 0 Å². The highest BCUT2D eigenvalue weighted by Crippen LogP contribution is 2.37. The summed E-state index contributed by atoms with van der Waals surface area (Å²) in [6.45, 7) is 0. The molecule has 9 heteroatoms. The molecule has 1 rings (SSSR count). The Balaban J connectivity index is 3.16. The van der Waals surface area contributed by atoms with E-state index < -0.39 is 27.7 Å². The van der Waals surface area contributed by atoms with Crippen LogP contribution < -0.4 is 4.74 Å². The van der Waals surface area contributed by atoms with Crippen LogP contribution in [0.5, 0.6) is 5.75 Å². The molecule has 0 saturated carbocycles. The summed E-state index contributed by atoms with van der Waals surface area (Å²) < 4.78 is 39.1. The van der Waals surface area contributed by atoms with E-state index in [0.29, 0.717) is 0 Å². The topological polar surface area (TPSA) is 52.4 Å². The van der Waals surface area contributed by atoms with Crippen LogP contribution in [0.4, 0.5) is 18.9 Å². The Morgan fingerprint density at radius 3 is 2.44 bits per heavy atom. The van der Waals surface area contributed by atoms with Crippen molar-refractivity contribution in [3.05, 3.63) is 31.7 Å². The van der Waals surface area contributed by atoms with Gasteiger partial charge in [0.2, 0.25) is 0 Å². The summed E-state index contributed by atoms with van der Waals surface area (Å²) in [5, 5.41) is 9.93. The fraction of sp³-hybridized carbons (Fsp3) is 0.143. The molecule has 0 amide bonds. The molecular formula is C7H2BrClF3NO3. The fourth-order valence-corrected chi connectivity index (χ4v) is 1.52. The van der Waals surface area contributed by atoms with Gasteiger partial charge < -0.3 is 4.74 Å². The highest BCUT2D eigenvalue weighted by molar-refractivity contribution is 9.10. The second-order valence-corrected chi connectivity index (χ2v) is 3.80. The van der Waals surface area contributed by atoms with E-state index in [1.54, 1.807) is 0 Å². The molecule has 0 bridgehead atoms. The molecule has 4 nitrogen and oxygen atoms in total. The first-order chi connectivity index (χ1) is 7.20. The highest BCUT2D eigenvalue weighted by atomic mass is 79.9. The maximum absolute atomic E-state index is 11.9. The van der Waals surface area contributed by atoms with Gasteiger partial charge in [-0.05, 0) is 15.9 Å². The Kier molecular flexibility index (Phi) is 3.64. The van der Waals surface area contributed by atoms with Crippen LogP contribution in [-0.2, 0) is 0 Å². The SMILES string of the molecule is O=[N+]([O-])c1cc(Cl)c(OC(F)(F)F)cc1Br. The summed E-state index contributed by atoms with van der Waals surface area (Å²) in [4.78, 5) is 9.64. The maximum Gasteiger partial charge on any atom is 0.573 e. The molecule has 1 aromatic rings. The number of ether oxygens (including phenoxy) is 1. The van der Waals surface area contributed by atoms with Gasteiger partial charge in [0.15, 0.2) is 0 Å². The lowest BCUT2D eigenvalue weighted by Crippen LogP contribution is -2.17. The second kappa shape index (κ2) is 4.46. The molecule has 0 aromatic heterocycles. The zero-order valence-corrected chi connectivity index (χ0v) is 9.56. The van der Waals surface area contributed by atoms with Gasteiger partial charge in [0.05, 0.1) is 14.4 Å². The van der Waals surface area contributed by atoms with Crippen LogP contribution in [-0.4, -0.2) is 11.3 Å². The number of hydrogen-bond acceptors (Lipinski definition) is 3. The van der Waals surface area contributed by atoms with E-state index >= 15 is 0 Å². The first kappa shape index (κ1) is 13.0. The Morgan fingerprint density at radius 2 is 2.00 bits per heavy atom. The number of benzene rings is 1. The van der Waals surface area contributed by atoms with Crippen LogP contribution in [0, 0.1) is 10.1 Å². The molecule has 0 fully saturated rings. The minimum atomic E-state index is -4.90. The number of nitro groups is 1. The number of alkyl halides is 3. The lowest BCUT2D eigenvalue weighted by molar-refractivity contribution is -0.385. The number of hydrogen-bond donors (Lipinski definition) is 0. The maximum atomic E-state index is 11.9. The summed E-state index contributed by atoms with van der Waals surface area (Å²) in [6, 6.07) is 1.56. The lowest BCUT2D eigenvalue weighted by atomic mass is 10.3. The smallest absolute Gasteiger partial charge is 0.404 e. The van der Waals surface area contributed by atoms with Gasteiger partial charge in [-0.3, -0.25) is 10.1 Å². The molecule has 0 aliphatic carbocycles. The van der Waals surface area contributed by atoms with E-state index in [2.05, 4.69) is 20.7 Å². The van der Waals surface area contributed by atoms with E-state index in [9.17, 15) is 23.3 Å². The minimum absolute atomic E-state index is 0.152. The summed E-state index contributed by atoms with van der Waals surface area (Å²) in [5.41, 5.74) is -0.445. The van der Waals surface area contributed by atoms with Gasteiger partial charge in [-0.15, -0.1) is 13.2 Å². The summed E-state index contributed by atoms with van der Waals surface area (Å²) >= 11 is 8.14. The number of nitrogens with zero attached hydrogens (tertiary/aromatic N) is 1. The van der Waals surface area contributed by atoms with Gasteiger partial charge in [-0.2, -0.15) is 0 Å². The van der Waals surface area contributed by atoms with Crippen molar-refractivity contribution in [2.24, 2.45) is 0 Å². The number of nitro benzene ring substituents is 1. The van der Waals surface area contributed by atoms with Crippen molar-refractivity contribution in [2.45, 2.75) is 6.36 Å². The van der Waals surface area contributed by atoms with Gasteiger partial charge in [-0.1, -0.05) is 11.6 Å². The molecule has 0 heterocycles. The molecule has 1 aromatic carbocycles. The van der Waals surface area contributed by atoms with Crippen molar-refractivity contribution in [2.75, 3.05) is 0 Å². The zero-order chi connectivity index (χ0) is 12.5. The average molecular weight is 320 g/mol. The monoisotopic (exact) mass is 319 g/mol. The number of halogens is 5. The van der Waals surface area contributed by atoms with Crippen LogP contribution in [0.2, 0.25) is 5.02 Å². The van der Waals surface area contributed by atoms with Crippen molar-refractivity contribution < 1.29 is 22.8 Å². The molecule has 0 saturated heterocycles. The molecule has 0 N–H and O–H groups in total. The molecule has 0 aliphatic rings. The number of rotatable bonds is 2. The Hall–Kier alpha value is -1.02. The first-order valence-electron chi connectivity index (χ1n) is 3.60. The molecular weight excluding hydrogens is 318 g/mol. The molecule has 0 spiro atoms. The van der Waals surface area contributed by atoms with Crippen LogP contribution in [0.1, 0.15) is 0 Å². The molecule has 0 unspecified atom stereocenters. The molecule has 16 heavy (non-hydrogen) atoms. The minimum Gasteiger partial charge on any atom is -0.404 e. The molecule has 0 aliphatic heterocycles. The molecule has 0 atom stereocenters. The van der Waals surface area contributed by atoms with E-state index in [1.807, 2.05) is 0 Å². The van der Waals surface area contributed by atoms with Crippen molar-refractivity contribution >= 4 is 33.2 Å². The predicted molar refractivity (Wildman–Crippen MR) is 52.5 cm³/mol. The van der Waals surface area contributed by atoms with Crippen LogP contribution >= 0.6 is 27.5 Å². The summed E-state index contributed by atoms with van der Waals surface area (Å²) in [6.07, 6.45) is -4.90. The third-order valence-corrected chi connectivity index (χ3v) is 2.35. The van der Waals surface area contributed by atoms with Crippen LogP contribution in [0.15, 0.2) is 16.6 Å². The van der Waals surface area contributed by atoms with Crippen molar-refractivity contribution in [1.29, 1.82) is 0 Å². The van der Waals surface area contributed by atoms with Crippen LogP contribution in [0.3, 0.4) is 0 Å². The van der Waals surface area contributed by atoms with E-state index in [1.165, 1.54) is 0 Å². The van der Waals surface area contributed by atoms with E-state index in [0.717, 1.165) is 12.1 Å². The normalized spacial score (nSPS) is 11.3. The van der Waals surface area contributed by atoms with Crippen molar-refractivity contribution in [3.63, 3.8) is 0 Å². The Morgan fingerprint density at radius 1 is 1.44 bits per heavy atom. The van der Waals surface area contributed by atoms with Gasteiger partial charge in [0.25, 0.3) is 5.69 Å². The van der Waals surface area contributed by atoms with E-state index in [-0.39, 0.29) is 4.47 Å². The first-order valence-corrected chi connectivity index (χ1v) is 4.77. The quantitative estimate of drug-likeness (QED) is 0.613. The van der Waals surface area contributed by atoms with Crippen molar-refractivity contribution in [1.82, 2.24) is 0 Å². The molecule has 88 valence electrons. The predicted octanol–water partition coefficient (Wildman–Crippen LogP) is 3.91. The van der Waals surface area contributed by atoms with Gasteiger partial charge in [0.1, 0.15) is 5.75 Å². The molecule has 0 radical (unpaired) electrons. The summed E-state index contributed by atoms with van der Waals surface area (Å²) in [7, 11) is 0. The van der Waals surface area contributed by atoms with Crippen molar-refractivity contribution in [3.8, 4) is 5.75 Å². The Bertz CT molecular complexity index is 438. The van der Waals surface area contributed by atoms with Gasteiger partial charge in [-0.25, -0.2) is 0 Å². The van der Waals surface area contributed by atoms with Gasteiger partial charge in [0, 0.05) is 12.1 Å². The Labute approximate surface area is 100 Å². The zero-order valence-electron chi connectivity index (χ0n) is 7.22. The third-order valence-electron chi connectivity index (χ3n) is 1.42. The van der Waals surface area contributed by atoms with Gasteiger partial charge >= 0.3 is 6.36 Å². The second-order valence-electron chi connectivity index (χ2n) is 2.54. The average Bonchev–Trinajstić information content (AvgIpc) is 2.07. The fourth-order valence-electron chi connectivity index (χ4n) is 0.861. The highest BCUT2D eigenvalue weighted by Gasteiger charge is 2.33. The largest absolute Gasteiger partial charge is 0.573 e. The third kappa shape index (κ3) is 3.24. The lowest BCUT2D eigenvalue weighted by Gasteiger charge is -2.10. The summed E-state index contributed by atoms with van der Waals surface area (Å²) in [5.74, 6) is -0.702.